The third-order valence-electron chi connectivity index (χ3n) is 5.87. The van der Waals surface area contributed by atoms with Gasteiger partial charge < -0.3 is 24.6 Å². The van der Waals surface area contributed by atoms with Crippen LogP contribution < -0.4 is 15.0 Å². The molecule has 2 amide bonds. The summed E-state index contributed by atoms with van der Waals surface area (Å²) in [4.78, 5) is 19.5. The predicted octanol–water partition coefficient (Wildman–Crippen LogP) is 2.66. The van der Waals surface area contributed by atoms with Crippen molar-refractivity contribution < 1.29 is 14.3 Å². The van der Waals surface area contributed by atoms with Crippen molar-refractivity contribution in [2.24, 2.45) is 5.92 Å². The van der Waals surface area contributed by atoms with E-state index in [1.54, 1.807) is 0 Å². The summed E-state index contributed by atoms with van der Waals surface area (Å²) in [5.74, 6) is 1.52. The number of morpholine rings is 1. The van der Waals surface area contributed by atoms with E-state index in [0.29, 0.717) is 25.1 Å². The van der Waals surface area contributed by atoms with Gasteiger partial charge >= 0.3 is 6.03 Å². The highest BCUT2D eigenvalue weighted by Gasteiger charge is 2.26. The molecule has 2 fully saturated rings. The summed E-state index contributed by atoms with van der Waals surface area (Å²) >= 11 is 0. The Labute approximate surface area is 181 Å². The van der Waals surface area contributed by atoms with Crippen LogP contribution >= 0.6 is 0 Å². The number of anilines is 1. The molecule has 1 atom stereocenters. The molecule has 0 bridgehead atoms. The number of urea groups is 1. The molecule has 0 aromatic heterocycles. The van der Waals surface area contributed by atoms with Crippen LogP contribution in [0.5, 0.6) is 5.75 Å². The molecule has 1 aromatic carbocycles. The van der Waals surface area contributed by atoms with Gasteiger partial charge in [0.25, 0.3) is 0 Å². The van der Waals surface area contributed by atoms with E-state index in [1.807, 2.05) is 30.0 Å². The minimum absolute atomic E-state index is 0.0507. The number of carbonyl (C=O) groups excluding carboxylic acids is 1. The maximum Gasteiger partial charge on any atom is 0.317 e. The van der Waals surface area contributed by atoms with Crippen molar-refractivity contribution in [1.29, 1.82) is 0 Å². The normalized spacial score (nSPS) is 19.1. The lowest BCUT2D eigenvalue weighted by Gasteiger charge is -2.38. The highest BCUT2D eigenvalue weighted by molar-refractivity contribution is 5.74. The van der Waals surface area contributed by atoms with Crippen LogP contribution in [-0.4, -0.2) is 87.5 Å². The number of hydrogen-bond donors (Lipinski definition) is 1. The van der Waals surface area contributed by atoms with E-state index in [4.69, 9.17) is 9.47 Å². The SMILES string of the molecule is CCOc1ccccc1N1CCN(C(=O)NCC(CC(C)C)N2CCOCC2)CC1. The minimum Gasteiger partial charge on any atom is -0.492 e. The molecule has 2 saturated heterocycles. The number of nitrogens with zero attached hydrogens (tertiary/aromatic N) is 3. The zero-order chi connectivity index (χ0) is 21.3. The van der Waals surface area contributed by atoms with Gasteiger partial charge in [-0.05, 0) is 31.4 Å². The third kappa shape index (κ3) is 6.25. The Balaban J connectivity index is 1.49. The molecule has 0 radical (unpaired) electrons. The number of rotatable bonds is 8. The second kappa shape index (κ2) is 11.4. The number of amides is 2. The van der Waals surface area contributed by atoms with Crippen LogP contribution in [0.15, 0.2) is 24.3 Å². The summed E-state index contributed by atoms with van der Waals surface area (Å²) in [7, 11) is 0. The highest BCUT2D eigenvalue weighted by Crippen LogP contribution is 2.28. The molecule has 1 unspecified atom stereocenters. The van der Waals surface area contributed by atoms with Gasteiger partial charge in [0.2, 0.25) is 0 Å². The summed E-state index contributed by atoms with van der Waals surface area (Å²) in [5.41, 5.74) is 1.11. The van der Waals surface area contributed by atoms with Crippen LogP contribution in [0, 0.1) is 5.92 Å². The van der Waals surface area contributed by atoms with Gasteiger partial charge in [0, 0.05) is 51.9 Å². The fourth-order valence-electron chi connectivity index (χ4n) is 4.31. The third-order valence-corrected chi connectivity index (χ3v) is 5.87. The van der Waals surface area contributed by atoms with Gasteiger partial charge in [-0.25, -0.2) is 4.79 Å². The van der Waals surface area contributed by atoms with E-state index in [1.165, 1.54) is 0 Å². The summed E-state index contributed by atoms with van der Waals surface area (Å²) in [6.07, 6.45) is 1.09. The van der Waals surface area contributed by atoms with Crippen molar-refractivity contribution in [2.75, 3.05) is 70.5 Å². The van der Waals surface area contributed by atoms with Gasteiger partial charge in [0.15, 0.2) is 0 Å². The number of benzene rings is 1. The van der Waals surface area contributed by atoms with Gasteiger partial charge in [0.05, 0.1) is 25.5 Å². The first kappa shape index (κ1) is 22.7. The molecule has 1 aromatic rings. The second-order valence-electron chi connectivity index (χ2n) is 8.49. The van der Waals surface area contributed by atoms with Crippen LogP contribution in [0.1, 0.15) is 27.2 Å². The topological polar surface area (TPSA) is 57.3 Å². The lowest BCUT2D eigenvalue weighted by molar-refractivity contribution is 0.0127. The molecule has 30 heavy (non-hydrogen) atoms. The van der Waals surface area contributed by atoms with Crippen LogP contribution in [-0.2, 0) is 4.74 Å². The number of hydrogen-bond acceptors (Lipinski definition) is 5. The van der Waals surface area contributed by atoms with Crippen LogP contribution in [0.3, 0.4) is 0 Å². The van der Waals surface area contributed by atoms with Crippen molar-refractivity contribution in [3.05, 3.63) is 24.3 Å². The van der Waals surface area contributed by atoms with Gasteiger partial charge in [-0.1, -0.05) is 26.0 Å². The van der Waals surface area contributed by atoms with Crippen molar-refractivity contribution in [1.82, 2.24) is 15.1 Å². The second-order valence-corrected chi connectivity index (χ2v) is 8.49. The fraction of sp³-hybridized carbons (Fsp3) is 0.696. The molecule has 168 valence electrons. The van der Waals surface area contributed by atoms with Crippen molar-refractivity contribution in [3.8, 4) is 5.75 Å². The number of para-hydroxylation sites is 2. The molecular weight excluding hydrogens is 380 g/mol. The van der Waals surface area contributed by atoms with E-state index in [-0.39, 0.29) is 6.03 Å². The molecule has 0 aliphatic carbocycles. The summed E-state index contributed by atoms with van der Waals surface area (Å²) in [6, 6.07) is 8.57. The highest BCUT2D eigenvalue weighted by atomic mass is 16.5. The maximum absolute atomic E-state index is 12.8. The summed E-state index contributed by atoms with van der Waals surface area (Å²) < 4.78 is 11.3. The van der Waals surface area contributed by atoms with Crippen LogP contribution in [0.25, 0.3) is 0 Å². The van der Waals surface area contributed by atoms with Crippen LogP contribution in [0.2, 0.25) is 0 Å². The Morgan fingerprint density at radius 3 is 2.47 bits per heavy atom. The smallest absolute Gasteiger partial charge is 0.317 e. The van der Waals surface area contributed by atoms with Crippen LogP contribution in [0.4, 0.5) is 10.5 Å². The Bertz CT molecular complexity index is 656. The largest absolute Gasteiger partial charge is 0.492 e. The Kier molecular flexibility index (Phi) is 8.63. The van der Waals surface area contributed by atoms with Crippen molar-refractivity contribution >= 4 is 11.7 Å². The summed E-state index contributed by atoms with van der Waals surface area (Å²) in [6.45, 7) is 14.4. The lowest BCUT2D eigenvalue weighted by Crippen LogP contribution is -2.55. The molecule has 2 aliphatic rings. The molecule has 0 spiro atoms. The first-order valence-electron chi connectivity index (χ1n) is 11.4. The molecule has 2 aliphatic heterocycles. The zero-order valence-corrected chi connectivity index (χ0v) is 18.8. The molecule has 7 heteroatoms. The van der Waals surface area contributed by atoms with E-state index in [2.05, 4.69) is 35.0 Å². The van der Waals surface area contributed by atoms with Crippen molar-refractivity contribution in [3.63, 3.8) is 0 Å². The number of ether oxygens (including phenoxy) is 2. The molecule has 0 saturated carbocycles. The number of carbonyl (C=O) groups is 1. The van der Waals surface area contributed by atoms with E-state index >= 15 is 0 Å². The van der Waals surface area contributed by atoms with Crippen molar-refractivity contribution in [2.45, 2.75) is 33.2 Å². The van der Waals surface area contributed by atoms with E-state index < -0.39 is 0 Å². The Hall–Kier alpha value is -1.99. The molecular formula is C23H38N4O3. The molecule has 7 nitrogen and oxygen atoms in total. The maximum atomic E-state index is 12.8. The van der Waals surface area contributed by atoms with Gasteiger partial charge in [0.1, 0.15) is 5.75 Å². The number of piperazine rings is 1. The fourth-order valence-corrected chi connectivity index (χ4v) is 4.31. The average molecular weight is 419 g/mol. The monoisotopic (exact) mass is 418 g/mol. The van der Waals surface area contributed by atoms with Gasteiger partial charge in [-0.15, -0.1) is 0 Å². The number of nitrogens with one attached hydrogen (secondary N) is 1. The average Bonchev–Trinajstić information content (AvgIpc) is 2.77. The lowest BCUT2D eigenvalue weighted by atomic mass is 10.0. The first-order chi connectivity index (χ1) is 14.6. The van der Waals surface area contributed by atoms with E-state index in [0.717, 1.165) is 70.3 Å². The quantitative estimate of drug-likeness (QED) is 0.703. The Morgan fingerprint density at radius 1 is 1.10 bits per heavy atom. The molecule has 2 heterocycles. The van der Waals surface area contributed by atoms with E-state index in [9.17, 15) is 4.79 Å². The van der Waals surface area contributed by atoms with Gasteiger partial charge in [-0.3, -0.25) is 4.90 Å². The standard InChI is InChI=1S/C23H38N4O3/c1-4-30-22-8-6-5-7-21(22)26-9-11-27(12-10-26)23(28)24-18-20(17-19(2)3)25-13-15-29-16-14-25/h5-8,19-20H,4,9-18H2,1-3H3,(H,24,28). The Morgan fingerprint density at radius 2 is 1.80 bits per heavy atom. The summed E-state index contributed by atoms with van der Waals surface area (Å²) in [5, 5.41) is 3.20. The molecule has 1 N–H and O–H groups in total. The predicted molar refractivity (Wildman–Crippen MR) is 120 cm³/mol. The zero-order valence-electron chi connectivity index (χ0n) is 18.8. The van der Waals surface area contributed by atoms with Gasteiger partial charge in [-0.2, -0.15) is 0 Å². The molecule has 3 rings (SSSR count). The first-order valence-corrected chi connectivity index (χ1v) is 11.4. The minimum atomic E-state index is 0.0507.